The number of hydrogen-bond acceptors (Lipinski definition) is 5. The molecule has 0 radical (unpaired) electrons. The lowest BCUT2D eigenvalue weighted by atomic mass is 10.1. The number of fused-ring (bicyclic) bond motifs is 1. The van der Waals surface area contributed by atoms with Gasteiger partial charge in [0, 0.05) is 13.1 Å². The summed E-state index contributed by atoms with van der Waals surface area (Å²) in [6, 6.07) is 16.5. The fraction of sp³-hybridized carbons (Fsp3) is 0.333. The SMILES string of the molecule is CCN(CC)Cc1ccc(CNC(=O)CSc2nc3ccccc3s2)cc1. The molecular weight excluding hydrogens is 374 g/mol. The molecule has 0 unspecified atom stereocenters. The average molecular weight is 400 g/mol. The molecule has 142 valence electrons. The number of nitrogens with zero attached hydrogens (tertiary/aromatic N) is 2. The standard InChI is InChI=1S/C21H25N3OS2/c1-3-24(4-2)14-17-11-9-16(10-12-17)13-22-20(25)15-26-21-23-18-7-5-6-8-19(18)27-21/h5-12H,3-4,13-15H2,1-2H3,(H,22,25). The monoisotopic (exact) mass is 399 g/mol. The third kappa shape index (κ3) is 5.79. The van der Waals surface area contributed by atoms with Crippen LogP contribution < -0.4 is 5.32 Å². The molecule has 6 heteroatoms. The minimum absolute atomic E-state index is 0.0338. The first-order valence-electron chi connectivity index (χ1n) is 9.23. The molecule has 4 nitrogen and oxygen atoms in total. The molecule has 3 aromatic rings. The molecule has 0 fully saturated rings. The Morgan fingerprint density at radius 1 is 1.07 bits per heavy atom. The van der Waals surface area contributed by atoms with Crippen LogP contribution in [0.1, 0.15) is 25.0 Å². The number of carbonyl (C=O) groups excluding carboxylic acids is 1. The quantitative estimate of drug-likeness (QED) is 0.536. The lowest BCUT2D eigenvalue weighted by Gasteiger charge is -2.18. The van der Waals surface area contributed by atoms with Crippen molar-refractivity contribution in [3.8, 4) is 0 Å². The van der Waals surface area contributed by atoms with Crippen molar-refractivity contribution in [2.75, 3.05) is 18.8 Å². The molecule has 0 spiro atoms. The summed E-state index contributed by atoms with van der Waals surface area (Å²) in [6.07, 6.45) is 0. The van der Waals surface area contributed by atoms with E-state index < -0.39 is 0 Å². The third-order valence-electron chi connectivity index (χ3n) is 4.41. The van der Waals surface area contributed by atoms with E-state index in [9.17, 15) is 4.79 Å². The fourth-order valence-corrected chi connectivity index (χ4v) is 4.66. The van der Waals surface area contributed by atoms with E-state index in [0.717, 1.165) is 39.8 Å². The number of rotatable bonds is 9. The number of thioether (sulfide) groups is 1. The van der Waals surface area contributed by atoms with Crippen LogP contribution in [0.3, 0.4) is 0 Å². The van der Waals surface area contributed by atoms with E-state index in [4.69, 9.17) is 0 Å². The van der Waals surface area contributed by atoms with Gasteiger partial charge in [-0.2, -0.15) is 0 Å². The highest BCUT2D eigenvalue weighted by Gasteiger charge is 2.08. The Hall–Kier alpha value is -1.89. The number of carbonyl (C=O) groups is 1. The Labute approximate surface area is 169 Å². The third-order valence-corrected chi connectivity index (χ3v) is 6.59. The second-order valence-corrected chi connectivity index (χ2v) is 8.54. The van der Waals surface area contributed by atoms with Crippen LogP contribution in [0.4, 0.5) is 0 Å². The molecule has 0 saturated heterocycles. The average Bonchev–Trinajstić information content (AvgIpc) is 3.13. The number of amides is 1. The molecule has 0 atom stereocenters. The van der Waals surface area contributed by atoms with Crippen LogP contribution in [-0.2, 0) is 17.9 Å². The van der Waals surface area contributed by atoms with E-state index in [2.05, 4.69) is 59.4 Å². The lowest BCUT2D eigenvalue weighted by molar-refractivity contribution is -0.118. The normalized spacial score (nSPS) is 11.2. The van der Waals surface area contributed by atoms with Crippen LogP contribution in [0.2, 0.25) is 0 Å². The first-order chi connectivity index (χ1) is 13.2. The number of aromatic nitrogens is 1. The molecule has 3 rings (SSSR count). The van der Waals surface area contributed by atoms with Crippen molar-refractivity contribution < 1.29 is 4.79 Å². The van der Waals surface area contributed by atoms with Crippen LogP contribution >= 0.6 is 23.1 Å². The molecule has 0 bridgehead atoms. The van der Waals surface area contributed by atoms with E-state index in [1.54, 1.807) is 11.3 Å². The topological polar surface area (TPSA) is 45.2 Å². The van der Waals surface area contributed by atoms with Gasteiger partial charge in [0.2, 0.25) is 5.91 Å². The van der Waals surface area contributed by atoms with Crippen LogP contribution in [0.15, 0.2) is 52.9 Å². The van der Waals surface area contributed by atoms with Crippen molar-refractivity contribution in [3.63, 3.8) is 0 Å². The minimum Gasteiger partial charge on any atom is -0.351 e. The van der Waals surface area contributed by atoms with Gasteiger partial charge in [-0.25, -0.2) is 4.98 Å². The number of hydrogen-bond donors (Lipinski definition) is 1. The van der Waals surface area contributed by atoms with E-state index in [1.165, 1.54) is 17.3 Å². The highest BCUT2D eigenvalue weighted by Crippen LogP contribution is 2.29. The molecule has 2 aromatic carbocycles. The number of thiazole rings is 1. The Morgan fingerprint density at radius 3 is 2.48 bits per heavy atom. The molecule has 1 N–H and O–H groups in total. The van der Waals surface area contributed by atoms with Crippen LogP contribution in [0.5, 0.6) is 0 Å². The predicted molar refractivity (Wildman–Crippen MR) is 115 cm³/mol. The summed E-state index contributed by atoms with van der Waals surface area (Å²) >= 11 is 3.13. The van der Waals surface area contributed by atoms with Gasteiger partial charge in [0.15, 0.2) is 4.34 Å². The van der Waals surface area contributed by atoms with Gasteiger partial charge in [0.25, 0.3) is 0 Å². The zero-order valence-electron chi connectivity index (χ0n) is 15.8. The second kappa shape index (κ2) is 9.88. The summed E-state index contributed by atoms with van der Waals surface area (Å²) < 4.78 is 2.09. The van der Waals surface area contributed by atoms with Gasteiger partial charge in [-0.05, 0) is 36.3 Å². The van der Waals surface area contributed by atoms with Crippen molar-refractivity contribution in [2.45, 2.75) is 31.3 Å². The molecule has 0 aliphatic carbocycles. The number of nitrogens with one attached hydrogen (secondary N) is 1. The Kier molecular flexibility index (Phi) is 7.26. The Morgan fingerprint density at radius 2 is 1.78 bits per heavy atom. The number of benzene rings is 2. The van der Waals surface area contributed by atoms with Crippen molar-refractivity contribution in [3.05, 3.63) is 59.7 Å². The Bertz CT molecular complexity index is 840. The van der Waals surface area contributed by atoms with Gasteiger partial charge in [0.05, 0.1) is 16.0 Å². The minimum atomic E-state index is 0.0338. The smallest absolute Gasteiger partial charge is 0.230 e. The zero-order valence-corrected chi connectivity index (χ0v) is 17.4. The van der Waals surface area contributed by atoms with E-state index in [-0.39, 0.29) is 5.91 Å². The van der Waals surface area contributed by atoms with Gasteiger partial charge in [-0.3, -0.25) is 9.69 Å². The summed E-state index contributed by atoms with van der Waals surface area (Å²) in [7, 11) is 0. The maximum absolute atomic E-state index is 12.1. The van der Waals surface area contributed by atoms with Crippen molar-refractivity contribution in [1.82, 2.24) is 15.2 Å². The van der Waals surface area contributed by atoms with Gasteiger partial charge in [-0.15, -0.1) is 11.3 Å². The van der Waals surface area contributed by atoms with Crippen LogP contribution in [0, 0.1) is 0 Å². The fourth-order valence-electron chi connectivity index (χ4n) is 2.76. The predicted octanol–water partition coefficient (Wildman–Crippen LogP) is 4.55. The molecule has 0 saturated carbocycles. The lowest BCUT2D eigenvalue weighted by Crippen LogP contribution is -2.24. The van der Waals surface area contributed by atoms with Crippen molar-refractivity contribution >= 4 is 39.2 Å². The summed E-state index contributed by atoms with van der Waals surface area (Å²) in [6.45, 7) is 8.00. The highest BCUT2D eigenvalue weighted by molar-refractivity contribution is 8.01. The zero-order chi connectivity index (χ0) is 19.1. The molecule has 1 amide bonds. The summed E-state index contributed by atoms with van der Waals surface area (Å²) in [5.41, 5.74) is 3.42. The van der Waals surface area contributed by atoms with Crippen LogP contribution in [0.25, 0.3) is 10.2 Å². The van der Waals surface area contributed by atoms with Gasteiger partial charge in [0.1, 0.15) is 0 Å². The molecule has 0 aliphatic heterocycles. The van der Waals surface area contributed by atoms with E-state index in [1.807, 2.05) is 18.2 Å². The first kappa shape index (κ1) is 19.9. The van der Waals surface area contributed by atoms with Crippen molar-refractivity contribution in [1.29, 1.82) is 0 Å². The molecule has 1 heterocycles. The van der Waals surface area contributed by atoms with E-state index >= 15 is 0 Å². The Balaban J connectivity index is 1.44. The number of para-hydroxylation sites is 1. The van der Waals surface area contributed by atoms with Gasteiger partial charge < -0.3 is 5.32 Å². The highest BCUT2D eigenvalue weighted by atomic mass is 32.2. The maximum Gasteiger partial charge on any atom is 0.230 e. The molecule has 27 heavy (non-hydrogen) atoms. The summed E-state index contributed by atoms with van der Waals surface area (Å²) in [5.74, 6) is 0.423. The van der Waals surface area contributed by atoms with Gasteiger partial charge >= 0.3 is 0 Å². The largest absolute Gasteiger partial charge is 0.351 e. The molecular formula is C21H25N3OS2. The maximum atomic E-state index is 12.1. The van der Waals surface area contributed by atoms with Gasteiger partial charge in [-0.1, -0.05) is 62.0 Å². The van der Waals surface area contributed by atoms with E-state index in [0.29, 0.717) is 12.3 Å². The summed E-state index contributed by atoms with van der Waals surface area (Å²) in [5, 5.41) is 2.99. The molecule has 0 aliphatic rings. The van der Waals surface area contributed by atoms with Crippen molar-refractivity contribution in [2.24, 2.45) is 0 Å². The second-order valence-electron chi connectivity index (χ2n) is 6.29. The summed E-state index contributed by atoms with van der Waals surface area (Å²) in [4.78, 5) is 19.1. The first-order valence-corrected chi connectivity index (χ1v) is 11.0. The van der Waals surface area contributed by atoms with Crippen LogP contribution in [-0.4, -0.2) is 34.6 Å². The molecule has 1 aromatic heterocycles.